The summed E-state index contributed by atoms with van der Waals surface area (Å²) >= 11 is 0. The minimum atomic E-state index is 0.500. The Kier molecular flexibility index (Phi) is 3.65. The maximum Gasteiger partial charge on any atom is 0.0328 e. The highest BCUT2D eigenvalue weighted by Crippen LogP contribution is 2.28. The van der Waals surface area contributed by atoms with Crippen LogP contribution in [0.2, 0.25) is 0 Å². The highest BCUT2D eigenvalue weighted by atomic mass is 15.0. The lowest BCUT2D eigenvalue weighted by Crippen LogP contribution is -2.37. The summed E-state index contributed by atoms with van der Waals surface area (Å²) in [5.74, 6) is 0. The van der Waals surface area contributed by atoms with E-state index in [2.05, 4.69) is 66.8 Å². The van der Waals surface area contributed by atoms with Gasteiger partial charge in [-0.3, -0.25) is 0 Å². The van der Waals surface area contributed by atoms with Crippen molar-refractivity contribution in [1.29, 1.82) is 0 Å². The summed E-state index contributed by atoms with van der Waals surface area (Å²) in [6.07, 6.45) is 3.46. The van der Waals surface area contributed by atoms with Crippen LogP contribution >= 0.6 is 0 Å². The molecule has 0 saturated heterocycles. The first-order valence-corrected chi connectivity index (χ1v) is 7.21. The molecule has 1 heteroatoms. The van der Waals surface area contributed by atoms with Crippen molar-refractivity contribution in [2.75, 3.05) is 0 Å². The van der Waals surface area contributed by atoms with Crippen molar-refractivity contribution in [3.63, 3.8) is 0 Å². The van der Waals surface area contributed by atoms with Gasteiger partial charge in [-0.1, -0.05) is 54.6 Å². The minimum Gasteiger partial charge on any atom is -0.307 e. The fourth-order valence-electron chi connectivity index (χ4n) is 3.08. The van der Waals surface area contributed by atoms with Crippen LogP contribution in [0.5, 0.6) is 0 Å². The lowest BCUT2D eigenvalue weighted by atomic mass is 9.88. The van der Waals surface area contributed by atoms with Gasteiger partial charge in [0.1, 0.15) is 0 Å². The molecule has 0 radical (unpaired) electrons. The van der Waals surface area contributed by atoms with Gasteiger partial charge < -0.3 is 5.32 Å². The van der Waals surface area contributed by atoms with Gasteiger partial charge in [0, 0.05) is 12.1 Å². The zero-order valence-corrected chi connectivity index (χ0v) is 11.5. The third kappa shape index (κ3) is 2.87. The SMILES string of the molecule is C[C@H]1Cc2ccccc2[C@@H](CCc2ccccc2)N1. The van der Waals surface area contributed by atoms with Crippen LogP contribution in [0.25, 0.3) is 0 Å². The molecule has 1 heterocycles. The standard InChI is InChI=1S/C18H21N/c1-14-13-16-9-5-6-10-17(16)18(19-14)12-11-15-7-3-2-4-8-15/h2-10,14,18-19H,11-13H2,1H3/t14-,18+/m0/s1. The van der Waals surface area contributed by atoms with Crippen LogP contribution in [0.15, 0.2) is 54.6 Å². The van der Waals surface area contributed by atoms with E-state index < -0.39 is 0 Å². The molecule has 0 amide bonds. The molecule has 0 spiro atoms. The average molecular weight is 251 g/mol. The smallest absolute Gasteiger partial charge is 0.0328 e. The Hall–Kier alpha value is -1.60. The van der Waals surface area contributed by atoms with Crippen LogP contribution in [-0.4, -0.2) is 6.04 Å². The molecular formula is C18H21N. The zero-order chi connectivity index (χ0) is 13.1. The Balaban J connectivity index is 1.74. The quantitative estimate of drug-likeness (QED) is 0.872. The van der Waals surface area contributed by atoms with Crippen LogP contribution in [0.1, 0.15) is 36.1 Å². The maximum absolute atomic E-state index is 3.74. The third-order valence-electron chi connectivity index (χ3n) is 4.01. The Morgan fingerprint density at radius 2 is 1.74 bits per heavy atom. The largest absolute Gasteiger partial charge is 0.307 e. The molecule has 2 aromatic carbocycles. The minimum absolute atomic E-state index is 0.500. The first-order valence-electron chi connectivity index (χ1n) is 7.21. The zero-order valence-electron chi connectivity index (χ0n) is 11.5. The number of nitrogens with one attached hydrogen (secondary N) is 1. The molecule has 19 heavy (non-hydrogen) atoms. The van der Waals surface area contributed by atoms with Crippen LogP contribution < -0.4 is 5.32 Å². The van der Waals surface area contributed by atoms with Gasteiger partial charge in [-0.05, 0) is 42.9 Å². The summed E-state index contributed by atoms with van der Waals surface area (Å²) in [5.41, 5.74) is 4.45. The van der Waals surface area contributed by atoms with Crippen LogP contribution in [0.3, 0.4) is 0 Å². The van der Waals surface area contributed by atoms with Crippen LogP contribution in [-0.2, 0) is 12.8 Å². The van der Waals surface area contributed by atoms with Crippen molar-refractivity contribution in [3.05, 3.63) is 71.3 Å². The van der Waals surface area contributed by atoms with E-state index in [1.54, 1.807) is 0 Å². The first kappa shape index (κ1) is 12.4. The fraction of sp³-hybridized carbons (Fsp3) is 0.333. The van der Waals surface area contributed by atoms with E-state index in [0.717, 1.165) is 12.8 Å². The molecule has 0 bridgehead atoms. The van der Waals surface area contributed by atoms with Crippen molar-refractivity contribution in [2.45, 2.75) is 38.3 Å². The second kappa shape index (κ2) is 5.58. The third-order valence-corrected chi connectivity index (χ3v) is 4.01. The number of rotatable bonds is 3. The summed E-state index contributed by atoms with van der Waals surface area (Å²) in [5, 5.41) is 3.74. The fourth-order valence-corrected chi connectivity index (χ4v) is 3.08. The molecule has 1 aliphatic heterocycles. The van der Waals surface area contributed by atoms with Crippen molar-refractivity contribution in [3.8, 4) is 0 Å². The molecule has 98 valence electrons. The van der Waals surface area contributed by atoms with Gasteiger partial charge in [-0.2, -0.15) is 0 Å². The van der Waals surface area contributed by atoms with Gasteiger partial charge in [0.25, 0.3) is 0 Å². The summed E-state index contributed by atoms with van der Waals surface area (Å²) in [7, 11) is 0. The normalized spacial score (nSPS) is 21.9. The van der Waals surface area contributed by atoms with E-state index in [1.165, 1.54) is 23.1 Å². The molecule has 1 aliphatic rings. The molecule has 0 unspecified atom stereocenters. The molecule has 0 fully saturated rings. The second-order valence-corrected chi connectivity index (χ2v) is 5.55. The highest BCUT2D eigenvalue weighted by Gasteiger charge is 2.22. The van der Waals surface area contributed by atoms with Gasteiger partial charge in [0.15, 0.2) is 0 Å². The van der Waals surface area contributed by atoms with E-state index in [4.69, 9.17) is 0 Å². The molecule has 1 nitrogen and oxygen atoms in total. The van der Waals surface area contributed by atoms with Gasteiger partial charge in [0.2, 0.25) is 0 Å². The number of fused-ring (bicyclic) bond motifs is 1. The van der Waals surface area contributed by atoms with Gasteiger partial charge >= 0.3 is 0 Å². The van der Waals surface area contributed by atoms with E-state index in [9.17, 15) is 0 Å². The summed E-state index contributed by atoms with van der Waals surface area (Å²) in [6, 6.07) is 20.7. The van der Waals surface area contributed by atoms with Crippen LogP contribution in [0.4, 0.5) is 0 Å². The summed E-state index contributed by atoms with van der Waals surface area (Å²) in [6.45, 7) is 2.28. The van der Waals surface area contributed by atoms with Crippen molar-refractivity contribution < 1.29 is 0 Å². The molecular weight excluding hydrogens is 230 g/mol. The molecule has 0 aromatic heterocycles. The van der Waals surface area contributed by atoms with Crippen molar-refractivity contribution >= 4 is 0 Å². The predicted octanol–water partition coefficient (Wildman–Crippen LogP) is 3.89. The molecule has 1 N–H and O–H groups in total. The van der Waals surface area contributed by atoms with Crippen molar-refractivity contribution in [1.82, 2.24) is 5.32 Å². The molecule has 0 saturated carbocycles. The maximum atomic E-state index is 3.74. The van der Waals surface area contributed by atoms with Crippen LogP contribution in [0, 0.1) is 0 Å². The molecule has 3 rings (SSSR count). The molecule has 0 aliphatic carbocycles. The topological polar surface area (TPSA) is 12.0 Å². The molecule has 2 atom stereocenters. The summed E-state index contributed by atoms with van der Waals surface area (Å²) in [4.78, 5) is 0. The first-order chi connectivity index (χ1) is 9.33. The second-order valence-electron chi connectivity index (χ2n) is 5.55. The predicted molar refractivity (Wildman–Crippen MR) is 80.2 cm³/mol. The molecule has 2 aromatic rings. The summed E-state index contributed by atoms with van der Waals surface area (Å²) < 4.78 is 0. The number of aryl methyl sites for hydroxylation is 1. The van der Waals surface area contributed by atoms with Crippen molar-refractivity contribution in [2.24, 2.45) is 0 Å². The monoisotopic (exact) mass is 251 g/mol. The number of benzene rings is 2. The van der Waals surface area contributed by atoms with Gasteiger partial charge in [-0.25, -0.2) is 0 Å². The van der Waals surface area contributed by atoms with E-state index in [1.807, 2.05) is 0 Å². The Morgan fingerprint density at radius 1 is 1.00 bits per heavy atom. The van der Waals surface area contributed by atoms with E-state index in [-0.39, 0.29) is 0 Å². The highest BCUT2D eigenvalue weighted by molar-refractivity contribution is 5.33. The lowest BCUT2D eigenvalue weighted by Gasteiger charge is -2.31. The Morgan fingerprint density at radius 3 is 2.58 bits per heavy atom. The number of hydrogen-bond acceptors (Lipinski definition) is 1. The lowest BCUT2D eigenvalue weighted by molar-refractivity contribution is 0.404. The average Bonchev–Trinajstić information content (AvgIpc) is 2.45. The van der Waals surface area contributed by atoms with E-state index in [0.29, 0.717) is 12.1 Å². The Labute approximate surface area is 115 Å². The number of hydrogen-bond donors (Lipinski definition) is 1. The van der Waals surface area contributed by atoms with Gasteiger partial charge in [0.05, 0.1) is 0 Å². The Bertz CT molecular complexity index is 532. The van der Waals surface area contributed by atoms with Gasteiger partial charge in [-0.15, -0.1) is 0 Å². The van der Waals surface area contributed by atoms with E-state index >= 15 is 0 Å².